The first-order valence-electron chi connectivity index (χ1n) is 8.66. The zero-order valence-corrected chi connectivity index (χ0v) is 14.9. The van der Waals surface area contributed by atoms with E-state index in [0.717, 1.165) is 24.1 Å². The maximum absolute atomic E-state index is 10.7. The Labute approximate surface area is 147 Å². The van der Waals surface area contributed by atoms with Gasteiger partial charge < -0.3 is 24.4 Å². The normalized spacial score (nSPS) is 34.0. The van der Waals surface area contributed by atoms with Crippen molar-refractivity contribution in [2.45, 2.75) is 36.7 Å². The van der Waals surface area contributed by atoms with Gasteiger partial charge in [0, 0.05) is 26.6 Å². The Hall–Kier alpha value is -1.60. The zero-order chi connectivity index (χ0) is 17.8. The molecular weight excluding hydrogens is 322 g/mol. The summed E-state index contributed by atoms with van der Waals surface area (Å²) in [6.07, 6.45) is 2.03. The van der Waals surface area contributed by atoms with Gasteiger partial charge >= 0.3 is 0 Å². The lowest BCUT2D eigenvalue weighted by molar-refractivity contribution is -0.0453. The van der Waals surface area contributed by atoms with Crippen LogP contribution in [0.4, 0.5) is 0 Å². The first-order chi connectivity index (χ1) is 12.0. The smallest absolute Gasteiger partial charge is 0.161 e. The molecule has 2 aliphatic heterocycles. The standard InChI is InChI=1S/C19H25NO5/c1-23-16-7-12-13(8-17(16)24-2)19-9-18(25-3)14(21)6-11(19)4-5-20(19)10-15(12)22/h6-8,14-15,18,21-22H,4-5,9-10H2,1-3H3/t14?,15-,18+,19-/m0/s1. The number of hydrogen-bond donors (Lipinski definition) is 2. The number of nitrogens with zero attached hydrogens (tertiary/aromatic N) is 1. The molecule has 6 heteroatoms. The second-order valence-corrected chi connectivity index (χ2v) is 7.03. The highest BCUT2D eigenvalue weighted by molar-refractivity contribution is 5.56. The molecule has 2 heterocycles. The predicted molar refractivity (Wildman–Crippen MR) is 91.9 cm³/mol. The molecule has 2 N–H and O–H groups in total. The van der Waals surface area contributed by atoms with Gasteiger partial charge in [-0.25, -0.2) is 0 Å². The van der Waals surface area contributed by atoms with Crippen molar-refractivity contribution >= 4 is 0 Å². The van der Waals surface area contributed by atoms with Crippen LogP contribution in [0.25, 0.3) is 0 Å². The Morgan fingerprint density at radius 1 is 1.12 bits per heavy atom. The summed E-state index contributed by atoms with van der Waals surface area (Å²) in [5.41, 5.74) is 2.75. The summed E-state index contributed by atoms with van der Waals surface area (Å²) in [7, 11) is 4.85. The van der Waals surface area contributed by atoms with Crippen LogP contribution in [0.5, 0.6) is 11.5 Å². The quantitative estimate of drug-likeness (QED) is 0.805. The Morgan fingerprint density at radius 3 is 2.52 bits per heavy atom. The Bertz CT molecular complexity index is 718. The van der Waals surface area contributed by atoms with Crippen LogP contribution in [0, 0.1) is 0 Å². The van der Waals surface area contributed by atoms with Gasteiger partial charge in [0.05, 0.1) is 38.1 Å². The second-order valence-electron chi connectivity index (χ2n) is 7.03. The lowest BCUT2D eigenvalue weighted by Crippen LogP contribution is -2.53. The lowest BCUT2D eigenvalue weighted by Gasteiger charge is -2.50. The van der Waals surface area contributed by atoms with Gasteiger partial charge in [-0.05, 0) is 35.3 Å². The number of aliphatic hydroxyl groups is 2. The summed E-state index contributed by atoms with van der Waals surface area (Å²) < 4.78 is 16.5. The Balaban J connectivity index is 1.94. The largest absolute Gasteiger partial charge is 0.493 e. The van der Waals surface area contributed by atoms with Crippen LogP contribution >= 0.6 is 0 Å². The molecule has 1 aromatic carbocycles. The van der Waals surface area contributed by atoms with Crippen LogP contribution in [-0.2, 0) is 10.3 Å². The molecule has 4 atom stereocenters. The van der Waals surface area contributed by atoms with Crippen molar-refractivity contribution < 1.29 is 24.4 Å². The Morgan fingerprint density at radius 2 is 1.84 bits per heavy atom. The van der Waals surface area contributed by atoms with Crippen LogP contribution in [0.1, 0.15) is 30.1 Å². The number of fused-ring (bicyclic) bond motifs is 1. The van der Waals surface area contributed by atoms with Crippen molar-refractivity contribution in [1.29, 1.82) is 0 Å². The molecule has 6 nitrogen and oxygen atoms in total. The summed E-state index contributed by atoms with van der Waals surface area (Å²) in [4.78, 5) is 2.32. The van der Waals surface area contributed by atoms with Crippen molar-refractivity contribution in [2.75, 3.05) is 34.4 Å². The van der Waals surface area contributed by atoms with E-state index >= 15 is 0 Å². The lowest BCUT2D eigenvalue weighted by atomic mass is 9.69. The molecule has 1 aromatic rings. The summed E-state index contributed by atoms with van der Waals surface area (Å²) in [6.45, 7) is 1.42. The van der Waals surface area contributed by atoms with Gasteiger partial charge in [0.25, 0.3) is 0 Å². The third-order valence-electron chi connectivity index (χ3n) is 6.03. The number of hydrogen-bond acceptors (Lipinski definition) is 6. The van der Waals surface area contributed by atoms with E-state index in [4.69, 9.17) is 14.2 Å². The third kappa shape index (κ3) is 2.25. The fraction of sp³-hybridized carbons (Fsp3) is 0.579. The van der Waals surface area contributed by atoms with E-state index in [1.807, 2.05) is 18.2 Å². The van der Waals surface area contributed by atoms with E-state index in [1.54, 1.807) is 21.3 Å². The SMILES string of the molecule is COc1cc2c(cc1OC)[C@]13C[C@@H](OC)C(O)C=C1CCN3C[C@@H]2O. The summed E-state index contributed by atoms with van der Waals surface area (Å²) in [5, 5.41) is 21.1. The molecule has 1 fully saturated rings. The molecule has 3 aliphatic rings. The zero-order valence-electron chi connectivity index (χ0n) is 14.9. The monoisotopic (exact) mass is 347 g/mol. The highest BCUT2D eigenvalue weighted by Gasteiger charge is 2.55. The summed E-state index contributed by atoms with van der Waals surface area (Å²) >= 11 is 0. The average molecular weight is 347 g/mol. The molecule has 1 aliphatic carbocycles. The van der Waals surface area contributed by atoms with Crippen LogP contribution in [0.3, 0.4) is 0 Å². The highest BCUT2D eigenvalue weighted by atomic mass is 16.5. The van der Waals surface area contributed by atoms with E-state index in [2.05, 4.69) is 4.90 Å². The highest BCUT2D eigenvalue weighted by Crippen LogP contribution is 2.55. The summed E-state index contributed by atoms with van der Waals surface area (Å²) in [5.74, 6) is 1.27. The minimum absolute atomic E-state index is 0.277. The molecule has 1 spiro atoms. The topological polar surface area (TPSA) is 71.4 Å². The van der Waals surface area contributed by atoms with Gasteiger partial charge in [-0.1, -0.05) is 6.08 Å². The molecule has 4 rings (SSSR count). The van der Waals surface area contributed by atoms with Gasteiger partial charge in [-0.3, -0.25) is 4.90 Å². The molecule has 0 aromatic heterocycles. The third-order valence-corrected chi connectivity index (χ3v) is 6.03. The molecule has 136 valence electrons. The molecule has 25 heavy (non-hydrogen) atoms. The number of methoxy groups -OCH3 is 3. The fourth-order valence-electron chi connectivity index (χ4n) is 4.82. The van der Waals surface area contributed by atoms with Gasteiger partial charge in [-0.15, -0.1) is 0 Å². The molecule has 1 unspecified atom stereocenters. The maximum Gasteiger partial charge on any atom is 0.161 e. The summed E-state index contributed by atoms with van der Waals surface area (Å²) in [6, 6.07) is 3.86. The van der Waals surface area contributed by atoms with Gasteiger partial charge in [0.15, 0.2) is 11.5 Å². The minimum Gasteiger partial charge on any atom is -0.493 e. The minimum atomic E-state index is -0.596. The van der Waals surface area contributed by atoms with Crippen LogP contribution in [0.2, 0.25) is 0 Å². The first kappa shape index (κ1) is 16.8. The molecule has 0 bridgehead atoms. The van der Waals surface area contributed by atoms with Crippen molar-refractivity contribution in [3.63, 3.8) is 0 Å². The number of rotatable bonds is 3. The van der Waals surface area contributed by atoms with E-state index in [-0.39, 0.29) is 11.6 Å². The molecule has 1 saturated heterocycles. The van der Waals surface area contributed by atoms with Gasteiger partial charge in [-0.2, -0.15) is 0 Å². The van der Waals surface area contributed by atoms with Crippen molar-refractivity contribution in [3.05, 3.63) is 34.9 Å². The number of benzene rings is 1. The Kier molecular flexibility index (Phi) is 4.03. The first-order valence-corrected chi connectivity index (χ1v) is 8.66. The maximum atomic E-state index is 10.7. The number of ether oxygens (including phenoxy) is 3. The van der Waals surface area contributed by atoms with E-state index < -0.39 is 12.2 Å². The van der Waals surface area contributed by atoms with Gasteiger partial charge in [0.2, 0.25) is 0 Å². The fourth-order valence-corrected chi connectivity index (χ4v) is 4.82. The molecule has 0 saturated carbocycles. The van der Waals surface area contributed by atoms with Crippen LogP contribution in [0.15, 0.2) is 23.8 Å². The molecule has 0 amide bonds. The molecular formula is C19H25NO5. The average Bonchev–Trinajstić information content (AvgIpc) is 2.98. The van der Waals surface area contributed by atoms with Crippen molar-refractivity contribution in [3.8, 4) is 11.5 Å². The van der Waals surface area contributed by atoms with E-state index in [0.29, 0.717) is 24.5 Å². The second kappa shape index (κ2) is 5.99. The predicted octanol–water partition coefficient (Wildman–Crippen LogP) is 1.36. The van der Waals surface area contributed by atoms with Crippen LogP contribution in [-0.4, -0.2) is 61.7 Å². The van der Waals surface area contributed by atoms with E-state index in [9.17, 15) is 10.2 Å². The molecule has 0 radical (unpaired) electrons. The van der Waals surface area contributed by atoms with Crippen molar-refractivity contribution in [1.82, 2.24) is 4.90 Å². The van der Waals surface area contributed by atoms with Crippen molar-refractivity contribution in [2.24, 2.45) is 0 Å². The van der Waals surface area contributed by atoms with Crippen LogP contribution < -0.4 is 9.47 Å². The number of aliphatic hydroxyl groups excluding tert-OH is 2. The van der Waals surface area contributed by atoms with E-state index in [1.165, 1.54) is 5.57 Å². The van der Waals surface area contributed by atoms with Gasteiger partial charge in [0.1, 0.15) is 0 Å².